The minimum absolute atomic E-state index is 0.0298. The molecule has 0 aromatic heterocycles. The SMILES string of the molecule is CNCCCCC(NC)C(=O)N1CCC1. The molecule has 0 aromatic rings. The number of hydrogen-bond donors (Lipinski definition) is 2. The highest BCUT2D eigenvalue weighted by Crippen LogP contribution is 2.11. The van der Waals surface area contributed by atoms with E-state index in [2.05, 4.69) is 10.6 Å². The van der Waals surface area contributed by atoms with Crippen LogP contribution in [0.25, 0.3) is 0 Å². The van der Waals surface area contributed by atoms with Crippen molar-refractivity contribution in [2.75, 3.05) is 33.7 Å². The Hall–Kier alpha value is -0.610. The number of carbonyl (C=O) groups is 1. The summed E-state index contributed by atoms with van der Waals surface area (Å²) in [6.45, 7) is 2.94. The molecule has 1 unspecified atom stereocenters. The highest BCUT2D eigenvalue weighted by Gasteiger charge is 2.26. The third kappa shape index (κ3) is 3.80. The molecule has 1 aliphatic heterocycles. The maximum atomic E-state index is 11.9. The highest BCUT2D eigenvalue weighted by atomic mass is 16.2. The molecule has 4 nitrogen and oxygen atoms in total. The minimum atomic E-state index is 0.0298. The molecule has 88 valence electrons. The molecular formula is C11H23N3O. The van der Waals surface area contributed by atoms with Crippen LogP contribution in [0.4, 0.5) is 0 Å². The van der Waals surface area contributed by atoms with Crippen LogP contribution in [0.15, 0.2) is 0 Å². The van der Waals surface area contributed by atoms with Gasteiger partial charge in [0, 0.05) is 13.1 Å². The second-order valence-corrected chi connectivity index (χ2v) is 4.12. The van der Waals surface area contributed by atoms with Crippen LogP contribution >= 0.6 is 0 Å². The first kappa shape index (κ1) is 12.5. The zero-order valence-electron chi connectivity index (χ0n) is 9.88. The van der Waals surface area contributed by atoms with E-state index < -0.39 is 0 Å². The molecule has 4 heteroatoms. The quantitative estimate of drug-likeness (QED) is 0.594. The standard InChI is InChI=1S/C11H23N3O/c1-12-7-4-3-6-10(13-2)11(15)14-8-5-9-14/h10,12-13H,3-9H2,1-2H3. The van der Waals surface area contributed by atoms with E-state index in [-0.39, 0.29) is 11.9 Å². The Labute approximate surface area is 92.4 Å². The highest BCUT2D eigenvalue weighted by molar-refractivity contribution is 5.82. The molecule has 0 radical (unpaired) electrons. The lowest BCUT2D eigenvalue weighted by atomic mass is 10.1. The van der Waals surface area contributed by atoms with Crippen molar-refractivity contribution < 1.29 is 4.79 Å². The molecule has 1 rings (SSSR count). The third-order valence-electron chi connectivity index (χ3n) is 2.98. The lowest BCUT2D eigenvalue weighted by molar-refractivity contribution is -0.137. The molecule has 0 spiro atoms. The fourth-order valence-electron chi connectivity index (χ4n) is 1.80. The Balaban J connectivity index is 2.18. The molecule has 0 aliphatic carbocycles. The van der Waals surface area contributed by atoms with Crippen LogP contribution in [0.5, 0.6) is 0 Å². The molecule has 2 N–H and O–H groups in total. The monoisotopic (exact) mass is 213 g/mol. The average molecular weight is 213 g/mol. The zero-order chi connectivity index (χ0) is 11.1. The fourth-order valence-corrected chi connectivity index (χ4v) is 1.80. The van der Waals surface area contributed by atoms with E-state index in [4.69, 9.17) is 0 Å². The summed E-state index contributed by atoms with van der Waals surface area (Å²) in [7, 11) is 3.83. The van der Waals surface area contributed by atoms with E-state index in [0.29, 0.717) is 0 Å². The van der Waals surface area contributed by atoms with E-state index in [1.165, 1.54) is 6.42 Å². The van der Waals surface area contributed by atoms with Crippen LogP contribution in [0.3, 0.4) is 0 Å². The van der Waals surface area contributed by atoms with E-state index in [1.54, 1.807) is 0 Å². The molecule has 1 heterocycles. The van der Waals surface area contributed by atoms with Gasteiger partial charge in [0.1, 0.15) is 0 Å². The van der Waals surface area contributed by atoms with Gasteiger partial charge in [-0.05, 0) is 39.9 Å². The van der Waals surface area contributed by atoms with Crippen molar-refractivity contribution in [1.29, 1.82) is 0 Å². The molecule has 1 aliphatic rings. The molecule has 15 heavy (non-hydrogen) atoms. The summed E-state index contributed by atoms with van der Waals surface area (Å²) < 4.78 is 0. The van der Waals surface area contributed by atoms with Gasteiger partial charge in [0.05, 0.1) is 6.04 Å². The number of amides is 1. The molecule has 1 saturated heterocycles. The molecular weight excluding hydrogens is 190 g/mol. The number of unbranched alkanes of at least 4 members (excludes halogenated alkanes) is 1. The normalized spacial score (nSPS) is 17.3. The van der Waals surface area contributed by atoms with Crippen molar-refractivity contribution in [2.24, 2.45) is 0 Å². The minimum Gasteiger partial charge on any atom is -0.341 e. The van der Waals surface area contributed by atoms with Gasteiger partial charge in [0.15, 0.2) is 0 Å². The van der Waals surface area contributed by atoms with E-state index in [1.807, 2.05) is 19.0 Å². The van der Waals surface area contributed by atoms with Gasteiger partial charge >= 0.3 is 0 Å². The summed E-state index contributed by atoms with van der Waals surface area (Å²) in [4.78, 5) is 13.8. The fraction of sp³-hybridized carbons (Fsp3) is 0.909. The van der Waals surface area contributed by atoms with Crippen LogP contribution < -0.4 is 10.6 Å². The van der Waals surface area contributed by atoms with E-state index in [9.17, 15) is 4.79 Å². The van der Waals surface area contributed by atoms with Gasteiger partial charge in [0.25, 0.3) is 0 Å². The number of hydrogen-bond acceptors (Lipinski definition) is 3. The second-order valence-electron chi connectivity index (χ2n) is 4.12. The number of rotatable bonds is 7. The first-order valence-electron chi connectivity index (χ1n) is 5.90. The smallest absolute Gasteiger partial charge is 0.239 e. The van der Waals surface area contributed by atoms with Crippen molar-refractivity contribution in [3.8, 4) is 0 Å². The number of likely N-dealkylation sites (N-methyl/N-ethyl adjacent to an activating group) is 1. The first-order valence-corrected chi connectivity index (χ1v) is 5.90. The predicted molar refractivity (Wildman–Crippen MR) is 61.8 cm³/mol. The number of carbonyl (C=O) groups excluding carboxylic acids is 1. The molecule has 0 bridgehead atoms. The molecule has 1 atom stereocenters. The lowest BCUT2D eigenvalue weighted by Gasteiger charge is -2.34. The van der Waals surface area contributed by atoms with Crippen molar-refractivity contribution in [2.45, 2.75) is 31.7 Å². The van der Waals surface area contributed by atoms with Gasteiger partial charge in [-0.2, -0.15) is 0 Å². The summed E-state index contributed by atoms with van der Waals surface area (Å²) in [5.74, 6) is 0.285. The van der Waals surface area contributed by atoms with Gasteiger partial charge < -0.3 is 15.5 Å². The van der Waals surface area contributed by atoms with Gasteiger partial charge in [-0.3, -0.25) is 4.79 Å². The summed E-state index contributed by atoms with van der Waals surface area (Å²) in [6, 6.07) is 0.0298. The third-order valence-corrected chi connectivity index (χ3v) is 2.98. The Morgan fingerprint density at radius 1 is 1.33 bits per heavy atom. The van der Waals surface area contributed by atoms with Crippen LogP contribution in [0.2, 0.25) is 0 Å². The van der Waals surface area contributed by atoms with Crippen LogP contribution in [0, 0.1) is 0 Å². The molecule has 1 amide bonds. The number of nitrogens with one attached hydrogen (secondary N) is 2. The summed E-state index contributed by atoms with van der Waals surface area (Å²) in [6.07, 6.45) is 4.36. The number of nitrogens with zero attached hydrogens (tertiary/aromatic N) is 1. The Bertz CT molecular complexity index is 192. The Morgan fingerprint density at radius 3 is 2.53 bits per heavy atom. The Kier molecular flexibility index (Phi) is 5.65. The molecule has 0 aromatic carbocycles. The molecule has 0 saturated carbocycles. The molecule has 1 fully saturated rings. The number of likely N-dealkylation sites (tertiary alicyclic amines) is 1. The van der Waals surface area contributed by atoms with Crippen molar-refractivity contribution in [1.82, 2.24) is 15.5 Å². The average Bonchev–Trinajstić information content (AvgIpc) is 2.15. The van der Waals surface area contributed by atoms with Crippen LogP contribution in [0.1, 0.15) is 25.7 Å². The maximum Gasteiger partial charge on any atom is 0.239 e. The van der Waals surface area contributed by atoms with E-state index in [0.717, 1.165) is 38.9 Å². The summed E-state index contributed by atoms with van der Waals surface area (Å²) in [5, 5.41) is 6.23. The first-order chi connectivity index (χ1) is 7.29. The van der Waals surface area contributed by atoms with Gasteiger partial charge in [0.2, 0.25) is 5.91 Å². The zero-order valence-corrected chi connectivity index (χ0v) is 9.88. The van der Waals surface area contributed by atoms with Crippen molar-refractivity contribution in [3.05, 3.63) is 0 Å². The lowest BCUT2D eigenvalue weighted by Crippen LogP contribution is -2.51. The van der Waals surface area contributed by atoms with Gasteiger partial charge in [-0.15, -0.1) is 0 Å². The topological polar surface area (TPSA) is 44.4 Å². The van der Waals surface area contributed by atoms with Crippen molar-refractivity contribution >= 4 is 5.91 Å². The van der Waals surface area contributed by atoms with Gasteiger partial charge in [-0.25, -0.2) is 0 Å². The Morgan fingerprint density at radius 2 is 2.07 bits per heavy atom. The van der Waals surface area contributed by atoms with Gasteiger partial charge in [-0.1, -0.05) is 6.42 Å². The largest absolute Gasteiger partial charge is 0.341 e. The maximum absolute atomic E-state index is 11.9. The van der Waals surface area contributed by atoms with Crippen LogP contribution in [-0.2, 0) is 4.79 Å². The van der Waals surface area contributed by atoms with Crippen molar-refractivity contribution in [3.63, 3.8) is 0 Å². The van der Waals surface area contributed by atoms with Crippen LogP contribution in [-0.4, -0.2) is 50.6 Å². The summed E-state index contributed by atoms with van der Waals surface area (Å²) >= 11 is 0. The summed E-state index contributed by atoms with van der Waals surface area (Å²) in [5.41, 5.74) is 0. The van der Waals surface area contributed by atoms with E-state index >= 15 is 0 Å². The predicted octanol–water partition coefficient (Wildman–Crippen LogP) is 0.196. The second kappa shape index (κ2) is 6.80.